The molecule has 1 fully saturated rings. The average Bonchev–Trinajstić information content (AvgIpc) is 3.09. The fraction of sp³-hybridized carbons (Fsp3) is 0.154. The first-order valence-electron chi connectivity index (χ1n) is 10.7. The third-order valence-electron chi connectivity index (χ3n) is 5.06. The summed E-state index contributed by atoms with van der Waals surface area (Å²) in [7, 11) is 0. The van der Waals surface area contributed by atoms with Gasteiger partial charge in [0, 0.05) is 8.95 Å². The molecule has 0 aromatic heterocycles. The maximum Gasteiger partial charge on any atom is 0.293 e. The molecule has 1 saturated heterocycles. The van der Waals surface area contributed by atoms with Crippen molar-refractivity contribution in [3.63, 3.8) is 0 Å². The number of halogens is 3. The van der Waals surface area contributed by atoms with Crippen LogP contribution in [0.2, 0.25) is 0 Å². The van der Waals surface area contributed by atoms with Crippen LogP contribution in [-0.2, 0) is 17.9 Å². The van der Waals surface area contributed by atoms with Crippen LogP contribution in [-0.4, -0.2) is 22.7 Å². The van der Waals surface area contributed by atoms with Gasteiger partial charge < -0.3 is 9.47 Å². The summed E-state index contributed by atoms with van der Waals surface area (Å²) in [5, 5.41) is -0.319. The number of rotatable bonds is 8. The van der Waals surface area contributed by atoms with E-state index in [0.29, 0.717) is 38.6 Å². The molecule has 1 aliphatic heterocycles. The lowest BCUT2D eigenvalue weighted by molar-refractivity contribution is -0.123. The van der Waals surface area contributed by atoms with Crippen molar-refractivity contribution in [3.8, 4) is 11.5 Å². The van der Waals surface area contributed by atoms with Crippen molar-refractivity contribution >= 4 is 60.8 Å². The molecular formula is C26H20Br2FNO4S. The van der Waals surface area contributed by atoms with Gasteiger partial charge in [0.05, 0.1) is 18.1 Å². The van der Waals surface area contributed by atoms with Gasteiger partial charge >= 0.3 is 0 Å². The minimum atomic E-state index is -0.348. The summed E-state index contributed by atoms with van der Waals surface area (Å²) in [4.78, 5) is 27.1. The van der Waals surface area contributed by atoms with Crippen molar-refractivity contribution in [2.24, 2.45) is 0 Å². The summed E-state index contributed by atoms with van der Waals surface area (Å²) in [6.07, 6.45) is 1.66. The molecule has 0 aliphatic carbocycles. The monoisotopic (exact) mass is 619 g/mol. The number of hydrogen-bond acceptors (Lipinski definition) is 5. The highest BCUT2D eigenvalue weighted by Gasteiger charge is 2.35. The van der Waals surface area contributed by atoms with Gasteiger partial charge in [0.25, 0.3) is 11.1 Å². The van der Waals surface area contributed by atoms with Crippen LogP contribution in [0.3, 0.4) is 0 Å². The van der Waals surface area contributed by atoms with Crippen molar-refractivity contribution in [2.75, 3.05) is 6.61 Å². The van der Waals surface area contributed by atoms with Gasteiger partial charge in [-0.05, 0) is 77.9 Å². The van der Waals surface area contributed by atoms with E-state index < -0.39 is 0 Å². The van der Waals surface area contributed by atoms with Gasteiger partial charge in [0.1, 0.15) is 12.4 Å². The van der Waals surface area contributed by atoms with Gasteiger partial charge in [-0.15, -0.1) is 0 Å². The number of ether oxygens (including phenoxy) is 2. The van der Waals surface area contributed by atoms with E-state index in [9.17, 15) is 14.0 Å². The quantitative estimate of drug-likeness (QED) is 0.243. The molecule has 0 bridgehead atoms. The van der Waals surface area contributed by atoms with Crippen LogP contribution < -0.4 is 9.47 Å². The predicted octanol–water partition coefficient (Wildman–Crippen LogP) is 7.56. The molecule has 3 aromatic carbocycles. The second kappa shape index (κ2) is 11.4. The molecule has 0 spiro atoms. The van der Waals surface area contributed by atoms with Crippen LogP contribution in [0, 0.1) is 5.82 Å². The van der Waals surface area contributed by atoms with Gasteiger partial charge in [-0.1, -0.05) is 56.1 Å². The molecule has 35 heavy (non-hydrogen) atoms. The zero-order chi connectivity index (χ0) is 24.9. The molecule has 1 heterocycles. The maximum absolute atomic E-state index is 13.5. The molecular weight excluding hydrogens is 601 g/mol. The minimum absolute atomic E-state index is 0.165. The van der Waals surface area contributed by atoms with Gasteiger partial charge in [0.2, 0.25) is 0 Å². The highest BCUT2D eigenvalue weighted by atomic mass is 79.9. The van der Waals surface area contributed by atoms with E-state index in [1.165, 1.54) is 17.0 Å². The fourth-order valence-electron chi connectivity index (χ4n) is 3.38. The Labute approximate surface area is 223 Å². The van der Waals surface area contributed by atoms with Crippen molar-refractivity contribution in [1.29, 1.82) is 0 Å². The van der Waals surface area contributed by atoms with E-state index in [1.807, 2.05) is 31.2 Å². The number of thioether (sulfide) groups is 1. The second-order valence-corrected chi connectivity index (χ2v) is 10.3. The summed E-state index contributed by atoms with van der Waals surface area (Å²) in [6.45, 7) is 2.62. The Bertz CT molecular complexity index is 1300. The van der Waals surface area contributed by atoms with E-state index in [0.717, 1.165) is 21.8 Å². The van der Waals surface area contributed by atoms with Gasteiger partial charge in [-0.25, -0.2) is 4.39 Å². The predicted molar refractivity (Wildman–Crippen MR) is 142 cm³/mol. The van der Waals surface area contributed by atoms with E-state index in [-0.39, 0.29) is 30.1 Å². The van der Waals surface area contributed by atoms with Crippen molar-refractivity contribution in [3.05, 3.63) is 97.0 Å². The Morgan fingerprint density at radius 2 is 1.71 bits per heavy atom. The van der Waals surface area contributed by atoms with Crippen LogP contribution in [0.25, 0.3) is 6.08 Å². The Hall–Kier alpha value is -2.62. The van der Waals surface area contributed by atoms with E-state index in [4.69, 9.17) is 9.47 Å². The molecule has 0 saturated carbocycles. The Morgan fingerprint density at radius 1 is 0.971 bits per heavy atom. The number of carbonyl (C=O) groups excluding carboxylic acids is 2. The number of amides is 2. The Kier molecular flexibility index (Phi) is 8.30. The Morgan fingerprint density at radius 3 is 2.43 bits per heavy atom. The highest BCUT2D eigenvalue weighted by molar-refractivity contribution is 9.10. The first-order valence-corrected chi connectivity index (χ1v) is 13.1. The van der Waals surface area contributed by atoms with Crippen molar-refractivity contribution in [1.82, 2.24) is 4.90 Å². The number of benzene rings is 3. The SMILES string of the molecule is CCOc1cc(/C=C2\SC(=O)N(Cc3ccc(Br)cc3)C2=O)c(Br)cc1OCc1cccc(F)c1. The molecule has 3 aromatic rings. The van der Waals surface area contributed by atoms with Crippen LogP contribution >= 0.6 is 43.6 Å². The van der Waals surface area contributed by atoms with E-state index >= 15 is 0 Å². The molecule has 9 heteroatoms. The van der Waals surface area contributed by atoms with Crippen LogP contribution in [0.5, 0.6) is 11.5 Å². The molecule has 0 atom stereocenters. The van der Waals surface area contributed by atoms with Crippen molar-refractivity contribution < 1.29 is 23.5 Å². The summed E-state index contributed by atoms with van der Waals surface area (Å²) in [6, 6.07) is 17.1. The van der Waals surface area contributed by atoms with Crippen LogP contribution in [0.4, 0.5) is 9.18 Å². The normalized spacial score (nSPS) is 14.6. The highest BCUT2D eigenvalue weighted by Crippen LogP contribution is 2.39. The Balaban J connectivity index is 1.55. The van der Waals surface area contributed by atoms with E-state index in [2.05, 4.69) is 31.9 Å². The summed E-state index contributed by atoms with van der Waals surface area (Å²) in [5.74, 6) is 0.275. The van der Waals surface area contributed by atoms with Crippen LogP contribution in [0.15, 0.2) is 74.5 Å². The lowest BCUT2D eigenvalue weighted by Gasteiger charge is -2.14. The molecule has 0 N–H and O–H groups in total. The summed E-state index contributed by atoms with van der Waals surface area (Å²) >= 11 is 7.81. The van der Waals surface area contributed by atoms with Gasteiger partial charge in [0.15, 0.2) is 11.5 Å². The first-order chi connectivity index (χ1) is 16.8. The third kappa shape index (κ3) is 6.34. The molecule has 5 nitrogen and oxygen atoms in total. The molecule has 4 rings (SSSR count). The van der Waals surface area contributed by atoms with Gasteiger partial charge in [-0.2, -0.15) is 0 Å². The zero-order valence-corrected chi connectivity index (χ0v) is 22.6. The molecule has 0 unspecified atom stereocenters. The van der Waals surface area contributed by atoms with Gasteiger partial charge in [-0.3, -0.25) is 14.5 Å². The largest absolute Gasteiger partial charge is 0.490 e. The van der Waals surface area contributed by atoms with E-state index in [1.54, 1.807) is 30.3 Å². The summed E-state index contributed by atoms with van der Waals surface area (Å²) in [5.41, 5.74) is 2.21. The molecule has 180 valence electrons. The first kappa shape index (κ1) is 25.5. The second-order valence-electron chi connectivity index (χ2n) is 7.57. The summed E-state index contributed by atoms with van der Waals surface area (Å²) < 4.78 is 26.7. The maximum atomic E-state index is 13.5. The number of carbonyl (C=O) groups is 2. The molecule has 1 aliphatic rings. The zero-order valence-electron chi connectivity index (χ0n) is 18.6. The average molecular weight is 621 g/mol. The van der Waals surface area contributed by atoms with Crippen molar-refractivity contribution in [2.45, 2.75) is 20.1 Å². The molecule has 2 amide bonds. The number of nitrogens with zero attached hydrogens (tertiary/aromatic N) is 1. The smallest absolute Gasteiger partial charge is 0.293 e. The fourth-order valence-corrected chi connectivity index (χ4v) is 4.91. The van der Waals surface area contributed by atoms with Crippen LogP contribution in [0.1, 0.15) is 23.6 Å². The minimum Gasteiger partial charge on any atom is -0.490 e. The topological polar surface area (TPSA) is 55.8 Å². The lowest BCUT2D eigenvalue weighted by Crippen LogP contribution is -2.27. The number of imide groups is 1. The standard InChI is InChI=1S/C26H20Br2FNO4S/c1-2-33-22-11-18(21(28)13-23(22)34-15-17-4-3-5-20(29)10-17)12-24-25(31)30(26(32)35-24)14-16-6-8-19(27)9-7-16/h3-13H,2,14-15H2,1H3/b24-12-. The number of hydrogen-bond donors (Lipinski definition) is 0. The third-order valence-corrected chi connectivity index (χ3v) is 7.18. The molecule has 0 radical (unpaired) electrons. The lowest BCUT2D eigenvalue weighted by atomic mass is 10.1.